The van der Waals surface area contributed by atoms with E-state index in [4.69, 9.17) is 0 Å². The molecule has 0 atom stereocenters. The highest BCUT2D eigenvalue weighted by atomic mass is 16.1. The lowest BCUT2D eigenvalue weighted by Gasteiger charge is -1.96. The van der Waals surface area contributed by atoms with E-state index in [1.165, 1.54) is 0 Å². The largest absolute Gasteiger partial charge is 0.356 e. The summed E-state index contributed by atoms with van der Waals surface area (Å²) in [4.78, 5) is 22.7. The van der Waals surface area contributed by atoms with E-state index in [1.807, 2.05) is 13.0 Å². The van der Waals surface area contributed by atoms with Crippen LogP contribution in [0.25, 0.3) is 0 Å². The maximum Gasteiger partial charge on any atom is 0.186 e. The van der Waals surface area contributed by atoms with Crippen molar-refractivity contribution in [3.8, 4) is 0 Å². The van der Waals surface area contributed by atoms with E-state index >= 15 is 0 Å². The second kappa shape index (κ2) is 4.04. The molecule has 0 fully saturated rings. The van der Waals surface area contributed by atoms with E-state index in [2.05, 4.69) is 15.0 Å². The van der Waals surface area contributed by atoms with Crippen molar-refractivity contribution < 1.29 is 4.79 Å². The minimum absolute atomic E-state index is 0.00861. The van der Waals surface area contributed by atoms with Crippen LogP contribution < -0.4 is 0 Å². The van der Waals surface area contributed by atoms with Gasteiger partial charge < -0.3 is 4.98 Å². The van der Waals surface area contributed by atoms with Gasteiger partial charge in [-0.15, -0.1) is 0 Å². The molecule has 2 heterocycles. The minimum atomic E-state index is 0.00861. The number of hydrogen-bond acceptors (Lipinski definition) is 3. The summed E-state index contributed by atoms with van der Waals surface area (Å²) in [5.74, 6) is 0.559. The molecule has 0 unspecified atom stereocenters. The summed E-state index contributed by atoms with van der Waals surface area (Å²) in [5, 5.41) is 0. The predicted octanol–water partition coefficient (Wildman–Crippen LogP) is 1.54. The first kappa shape index (κ1) is 9.58. The van der Waals surface area contributed by atoms with Gasteiger partial charge >= 0.3 is 0 Å². The molecule has 4 nitrogen and oxygen atoms in total. The van der Waals surface area contributed by atoms with Crippen LogP contribution in [-0.4, -0.2) is 20.7 Å². The van der Waals surface area contributed by atoms with Crippen molar-refractivity contribution in [3.05, 3.63) is 47.8 Å². The molecule has 2 aromatic rings. The Morgan fingerprint density at radius 1 is 1.33 bits per heavy atom. The Hall–Kier alpha value is -1.97. The molecule has 0 aliphatic carbocycles. The molecule has 0 aromatic carbocycles. The highest BCUT2D eigenvalue weighted by Crippen LogP contribution is 2.04. The fraction of sp³-hybridized carbons (Fsp3) is 0.182. The Morgan fingerprint density at radius 2 is 2.07 bits per heavy atom. The number of aryl methyl sites for hydroxylation is 1. The second-order valence-electron chi connectivity index (χ2n) is 3.32. The number of nitrogens with zero attached hydrogens (tertiary/aromatic N) is 2. The highest BCUT2D eigenvalue weighted by Gasteiger charge is 2.09. The molecule has 0 bridgehead atoms. The molecular weight excluding hydrogens is 190 g/mol. The number of nitrogens with one attached hydrogen (secondary N) is 1. The first-order valence-electron chi connectivity index (χ1n) is 4.70. The molecule has 0 radical (unpaired) electrons. The third kappa shape index (κ3) is 2.28. The number of carbonyl (C=O) groups excluding carboxylic acids is 1. The lowest BCUT2D eigenvalue weighted by Crippen LogP contribution is -2.06. The Labute approximate surface area is 87.4 Å². The number of aromatic nitrogens is 3. The van der Waals surface area contributed by atoms with Gasteiger partial charge in [-0.1, -0.05) is 0 Å². The zero-order chi connectivity index (χ0) is 10.7. The van der Waals surface area contributed by atoms with Crippen LogP contribution >= 0.6 is 0 Å². The predicted molar refractivity (Wildman–Crippen MR) is 55.6 cm³/mol. The SMILES string of the molecule is Cc1ccc(C(=O)Cc2ncccn2)[nH]1. The van der Waals surface area contributed by atoms with E-state index in [1.54, 1.807) is 24.5 Å². The average molecular weight is 201 g/mol. The van der Waals surface area contributed by atoms with Gasteiger partial charge in [-0.25, -0.2) is 9.97 Å². The summed E-state index contributed by atoms with van der Waals surface area (Å²) in [6.07, 6.45) is 3.51. The van der Waals surface area contributed by atoms with Gasteiger partial charge in [0.15, 0.2) is 5.78 Å². The van der Waals surface area contributed by atoms with Crippen molar-refractivity contribution in [1.82, 2.24) is 15.0 Å². The summed E-state index contributed by atoms with van der Waals surface area (Å²) in [6.45, 7) is 1.91. The number of rotatable bonds is 3. The lowest BCUT2D eigenvalue weighted by molar-refractivity contribution is 0.0986. The lowest BCUT2D eigenvalue weighted by atomic mass is 10.2. The van der Waals surface area contributed by atoms with Gasteiger partial charge in [-0.2, -0.15) is 0 Å². The molecule has 76 valence electrons. The molecule has 0 aliphatic rings. The summed E-state index contributed by atoms with van der Waals surface area (Å²) >= 11 is 0. The molecule has 15 heavy (non-hydrogen) atoms. The van der Waals surface area contributed by atoms with Crippen molar-refractivity contribution in [2.75, 3.05) is 0 Å². The summed E-state index contributed by atoms with van der Waals surface area (Å²) < 4.78 is 0. The van der Waals surface area contributed by atoms with Gasteiger partial charge in [0.05, 0.1) is 12.1 Å². The van der Waals surface area contributed by atoms with Crippen LogP contribution in [-0.2, 0) is 6.42 Å². The average Bonchev–Trinajstić information content (AvgIpc) is 2.66. The molecule has 1 N–H and O–H groups in total. The third-order valence-electron chi connectivity index (χ3n) is 2.07. The molecule has 0 saturated heterocycles. The fourth-order valence-corrected chi connectivity index (χ4v) is 1.33. The number of hydrogen-bond donors (Lipinski definition) is 1. The van der Waals surface area contributed by atoms with Crippen LogP contribution in [0.5, 0.6) is 0 Å². The van der Waals surface area contributed by atoms with Gasteiger partial charge in [0.1, 0.15) is 5.82 Å². The van der Waals surface area contributed by atoms with Crippen LogP contribution in [0.2, 0.25) is 0 Å². The van der Waals surface area contributed by atoms with Crippen LogP contribution in [0, 0.1) is 6.92 Å². The molecule has 0 amide bonds. The number of Topliss-reactive ketones (excluding diaryl/α,β-unsaturated/α-hetero) is 1. The first-order valence-corrected chi connectivity index (χ1v) is 4.70. The molecular formula is C11H11N3O. The van der Waals surface area contributed by atoms with E-state index in [0.717, 1.165) is 5.69 Å². The Bertz CT molecular complexity index is 462. The number of carbonyl (C=O) groups is 1. The normalized spacial score (nSPS) is 10.2. The van der Waals surface area contributed by atoms with E-state index in [0.29, 0.717) is 11.5 Å². The quantitative estimate of drug-likeness (QED) is 0.766. The van der Waals surface area contributed by atoms with Crippen LogP contribution in [0.1, 0.15) is 22.0 Å². The molecule has 2 aromatic heterocycles. The maximum atomic E-state index is 11.7. The monoisotopic (exact) mass is 201 g/mol. The molecule has 4 heteroatoms. The van der Waals surface area contributed by atoms with E-state index in [9.17, 15) is 4.79 Å². The Balaban J connectivity index is 2.11. The number of aromatic amines is 1. The van der Waals surface area contributed by atoms with Crippen molar-refractivity contribution in [2.45, 2.75) is 13.3 Å². The fourth-order valence-electron chi connectivity index (χ4n) is 1.33. The van der Waals surface area contributed by atoms with Gasteiger partial charge in [0.25, 0.3) is 0 Å². The third-order valence-corrected chi connectivity index (χ3v) is 2.07. The zero-order valence-corrected chi connectivity index (χ0v) is 8.40. The van der Waals surface area contributed by atoms with Crippen molar-refractivity contribution in [2.24, 2.45) is 0 Å². The Morgan fingerprint density at radius 3 is 2.67 bits per heavy atom. The molecule has 2 rings (SSSR count). The minimum Gasteiger partial charge on any atom is -0.356 e. The van der Waals surface area contributed by atoms with E-state index in [-0.39, 0.29) is 12.2 Å². The Kier molecular flexibility index (Phi) is 2.58. The van der Waals surface area contributed by atoms with Crippen LogP contribution in [0.4, 0.5) is 0 Å². The first-order chi connectivity index (χ1) is 7.25. The van der Waals surface area contributed by atoms with Gasteiger partial charge in [0.2, 0.25) is 0 Å². The molecule has 0 spiro atoms. The second-order valence-corrected chi connectivity index (χ2v) is 3.32. The summed E-state index contributed by atoms with van der Waals surface area (Å²) in [5.41, 5.74) is 1.59. The van der Waals surface area contributed by atoms with Gasteiger partial charge in [-0.05, 0) is 25.1 Å². The summed E-state index contributed by atoms with van der Waals surface area (Å²) in [7, 11) is 0. The standard InChI is InChI=1S/C11H11N3O/c1-8-3-4-9(14-8)10(15)7-11-12-5-2-6-13-11/h2-6,14H,7H2,1H3. The smallest absolute Gasteiger partial charge is 0.186 e. The zero-order valence-electron chi connectivity index (χ0n) is 8.40. The van der Waals surface area contributed by atoms with Crippen molar-refractivity contribution in [3.63, 3.8) is 0 Å². The summed E-state index contributed by atoms with van der Waals surface area (Å²) in [6, 6.07) is 5.38. The van der Waals surface area contributed by atoms with Crippen LogP contribution in [0.15, 0.2) is 30.6 Å². The molecule has 0 saturated carbocycles. The van der Waals surface area contributed by atoms with Gasteiger partial charge in [-0.3, -0.25) is 4.79 Å². The van der Waals surface area contributed by atoms with E-state index < -0.39 is 0 Å². The van der Waals surface area contributed by atoms with Gasteiger partial charge in [0, 0.05) is 18.1 Å². The van der Waals surface area contributed by atoms with Crippen LogP contribution in [0.3, 0.4) is 0 Å². The number of H-pyrrole nitrogens is 1. The molecule has 0 aliphatic heterocycles. The van der Waals surface area contributed by atoms with Crippen molar-refractivity contribution in [1.29, 1.82) is 0 Å². The van der Waals surface area contributed by atoms with Crippen molar-refractivity contribution >= 4 is 5.78 Å². The maximum absolute atomic E-state index is 11.7. The highest BCUT2D eigenvalue weighted by molar-refractivity contribution is 5.95. The number of ketones is 1. The topological polar surface area (TPSA) is 58.6 Å².